The molecule has 0 spiro atoms. The molecule has 2 aromatic rings. The zero-order valence-electron chi connectivity index (χ0n) is 12.8. The monoisotopic (exact) mass is 316 g/mol. The number of hydrogen-bond donors (Lipinski definition) is 0. The van der Waals surface area contributed by atoms with Crippen LogP contribution in [0.5, 0.6) is 0 Å². The number of hydrogen-bond acceptors (Lipinski definition) is 4. The third kappa shape index (κ3) is 2.36. The maximum atomic E-state index is 14.2. The number of carbonyl (C=O) groups is 1. The van der Waals surface area contributed by atoms with Crippen molar-refractivity contribution in [3.63, 3.8) is 0 Å². The molecule has 1 aromatic heterocycles. The SMILES string of the molecule is CCOC(=O)c1cn(C2CC2)c2c(C)c(F)c([N+]#N)cc2c1=O. The van der Waals surface area contributed by atoms with Crippen LogP contribution in [0.2, 0.25) is 0 Å². The molecule has 1 aliphatic rings. The van der Waals surface area contributed by atoms with Crippen LogP contribution in [0.25, 0.3) is 15.9 Å². The van der Waals surface area contributed by atoms with Gasteiger partial charge in [-0.05, 0) is 26.7 Å². The highest BCUT2D eigenvalue weighted by Gasteiger charge is 2.30. The van der Waals surface area contributed by atoms with Crippen molar-refractivity contribution in [1.29, 1.82) is 5.39 Å². The van der Waals surface area contributed by atoms with Gasteiger partial charge in [0, 0.05) is 17.8 Å². The van der Waals surface area contributed by atoms with Crippen LogP contribution in [0.4, 0.5) is 10.1 Å². The minimum Gasteiger partial charge on any atom is -0.462 e. The molecule has 118 valence electrons. The highest BCUT2D eigenvalue weighted by Crippen LogP contribution is 2.39. The molecule has 0 bridgehead atoms. The lowest BCUT2D eigenvalue weighted by molar-refractivity contribution is 0.0524. The van der Waals surface area contributed by atoms with E-state index in [0.717, 1.165) is 12.8 Å². The molecule has 0 aliphatic heterocycles. The van der Waals surface area contributed by atoms with Crippen LogP contribution < -0.4 is 5.43 Å². The van der Waals surface area contributed by atoms with Gasteiger partial charge in [0.25, 0.3) is 0 Å². The Morgan fingerprint density at radius 3 is 2.78 bits per heavy atom. The summed E-state index contributed by atoms with van der Waals surface area (Å²) in [5.41, 5.74) is -0.329. The summed E-state index contributed by atoms with van der Waals surface area (Å²) >= 11 is 0. The molecule has 0 saturated heterocycles. The van der Waals surface area contributed by atoms with Crippen molar-refractivity contribution >= 4 is 22.6 Å². The summed E-state index contributed by atoms with van der Waals surface area (Å²) in [6, 6.07) is 1.29. The first kappa shape index (κ1) is 15.2. The summed E-state index contributed by atoms with van der Waals surface area (Å²) in [5.74, 6) is -1.39. The zero-order chi connectivity index (χ0) is 16.7. The zero-order valence-corrected chi connectivity index (χ0v) is 12.8. The van der Waals surface area contributed by atoms with E-state index in [4.69, 9.17) is 10.1 Å². The van der Waals surface area contributed by atoms with E-state index in [-0.39, 0.29) is 34.8 Å². The molecule has 1 saturated carbocycles. The van der Waals surface area contributed by atoms with Crippen molar-refractivity contribution < 1.29 is 13.9 Å². The van der Waals surface area contributed by atoms with Gasteiger partial charge in [-0.1, -0.05) is 0 Å². The molecule has 1 fully saturated rings. The average Bonchev–Trinajstić information content (AvgIpc) is 3.36. The Balaban J connectivity index is 2.41. The lowest BCUT2D eigenvalue weighted by atomic mass is 10.1. The van der Waals surface area contributed by atoms with Gasteiger partial charge in [-0.3, -0.25) is 4.79 Å². The molecule has 0 unspecified atom stereocenters. The van der Waals surface area contributed by atoms with Gasteiger partial charge >= 0.3 is 11.7 Å². The van der Waals surface area contributed by atoms with Gasteiger partial charge in [0.1, 0.15) is 5.56 Å². The van der Waals surface area contributed by atoms with E-state index in [1.165, 1.54) is 19.2 Å². The Morgan fingerprint density at radius 1 is 1.52 bits per heavy atom. The van der Waals surface area contributed by atoms with Crippen LogP contribution >= 0.6 is 0 Å². The molecule has 0 amide bonds. The molecule has 0 N–H and O–H groups in total. The van der Waals surface area contributed by atoms with Gasteiger partial charge in [0.2, 0.25) is 16.6 Å². The van der Waals surface area contributed by atoms with Crippen LogP contribution in [0.3, 0.4) is 0 Å². The average molecular weight is 316 g/mol. The van der Waals surface area contributed by atoms with Crippen LogP contribution in [-0.2, 0) is 4.74 Å². The van der Waals surface area contributed by atoms with Crippen LogP contribution in [-0.4, -0.2) is 17.1 Å². The topological polar surface area (TPSA) is 76.5 Å². The predicted molar refractivity (Wildman–Crippen MR) is 81.9 cm³/mol. The first-order chi connectivity index (χ1) is 11.0. The van der Waals surface area contributed by atoms with Crippen molar-refractivity contribution in [2.45, 2.75) is 32.7 Å². The molecule has 1 aromatic carbocycles. The van der Waals surface area contributed by atoms with E-state index in [9.17, 15) is 14.0 Å². The number of pyridine rings is 1. The molecule has 7 heteroatoms. The van der Waals surface area contributed by atoms with Crippen molar-refractivity contribution in [2.75, 3.05) is 6.61 Å². The summed E-state index contributed by atoms with van der Waals surface area (Å²) in [6.45, 7) is 3.33. The summed E-state index contributed by atoms with van der Waals surface area (Å²) in [5, 5.41) is 9.08. The summed E-state index contributed by atoms with van der Waals surface area (Å²) in [7, 11) is 0. The number of aryl methyl sites for hydroxylation is 1. The quantitative estimate of drug-likeness (QED) is 0.642. The fourth-order valence-corrected chi connectivity index (χ4v) is 2.75. The molecule has 3 rings (SSSR count). The van der Waals surface area contributed by atoms with E-state index in [1.807, 2.05) is 0 Å². The van der Waals surface area contributed by atoms with Gasteiger partial charge in [0.15, 0.2) is 4.98 Å². The third-order valence-corrected chi connectivity index (χ3v) is 4.00. The second-order valence-corrected chi connectivity index (χ2v) is 5.56. The number of nitrogens with zero attached hydrogens (tertiary/aromatic N) is 3. The number of esters is 1. The molecule has 1 heterocycles. The van der Waals surface area contributed by atoms with Gasteiger partial charge in [-0.25, -0.2) is 4.79 Å². The Bertz CT molecular complexity index is 923. The Hall–Kier alpha value is -2.75. The van der Waals surface area contributed by atoms with Gasteiger partial charge in [0.05, 0.1) is 23.6 Å². The van der Waals surface area contributed by atoms with E-state index in [2.05, 4.69) is 4.98 Å². The predicted octanol–water partition coefficient (Wildman–Crippen LogP) is 3.45. The largest absolute Gasteiger partial charge is 0.462 e. The second kappa shape index (κ2) is 5.47. The normalized spacial score (nSPS) is 13.8. The third-order valence-electron chi connectivity index (χ3n) is 4.00. The number of diazo groups is 1. The fraction of sp³-hybridized carbons (Fsp3) is 0.375. The van der Waals surface area contributed by atoms with Gasteiger partial charge < -0.3 is 9.30 Å². The number of fused-ring (bicyclic) bond motifs is 1. The van der Waals surface area contributed by atoms with E-state index >= 15 is 0 Å². The number of carbonyl (C=O) groups excluding carboxylic acids is 1. The molecular formula is C16H15FN3O3+. The van der Waals surface area contributed by atoms with Crippen LogP contribution in [0.1, 0.15) is 41.7 Å². The van der Waals surface area contributed by atoms with Crippen molar-refractivity contribution in [1.82, 2.24) is 4.57 Å². The van der Waals surface area contributed by atoms with Gasteiger partial charge in [-0.15, -0.1) is 0 Å². The molecular weight excluding hydrogens is 301 g/mol. The standard InChI is InChI=1S/C16H15FN3O3/c1-3-23-16(22)11-7-20(9-4-5-9)14-8(2)13(17)12(19-18)6-10(14)15(11)21/h6-7,9H,3-5H2,1-2H3/q+1. The Labute approximate surface area is 131 Å². The van der Waals surface area contributed by atoms with Crippen LogP contribution in [0.15, 0.2) is 17.1 Å². The van der Waals surface area contributed by atoms with E-state index in [1.54, 1.807) is 11.5 Å². The van der Waals surface area contributed by atoms with Crippen molar-refractivity contribution in [3.05, 3.63) is 44.4 Å². The second-order valence-electron chi connectivity index (χ2n) is 5.56. The summed E-state index contributed by atoms with van der Waals surface area (Å²) in [4.78, 5) is 27.5. The maximum absolute atomic E-state index is 14.2. The number of benzene rings is 1. The van der Waals surface area contributed by atoms with E-state index < -0.39 is 17.2 Å². The summed E-state index contributed by atoms with van der Waals surface area (Å²) < 4.78 is 20.9. The van der Waals surface area contributed by atoms with Crippen molar-refractivity contribution in [3.8, 4) is 0 Å². The first-order valence-electron chi connectivity index (χ1n) is 7.39. The first-order valence-corrected chi connectivity index (χ1v) is 7.39. The molecule has 0 radical (unpaired) electrons. The fourth-order valence-electron chi connectivity index (χ4n) is 2.75. The molecule has 6 nitrogen and oxygen atoms in total. The van der Waals surface area contributed by atoms with Gasteiger partial charge in [-0.2, -0.15) is 4.39 Å². The minimum atomic E-state index is -0.710. The molecule has 23 heavy (non-hydrogen) atoms. The lowest BCUT2D eigenvalue weighted by Crippen LogP contribution is -2.21. The van der Waals surface area contributed by atoms with Crippen LogP contribution in [0, 0.1) is 18.1 Å². The highest BCUT2D eigenvalue weighted by atomic mass is 19.1. The lowest BCUT2D eigenvalue weighted by Gasteiger charge is -2.14. The number of rotatable bonds is 3. The number of halogens is 1. The van der Waals surface area contributed by atoms with E-state index in [0.29, 0.717) is 5.52 Å². The molecule has 0 atom stereocenters. The Kier molecular flexibility index (Phi) is 3.60. The highest BCUT2D eigenvalue weighted by molar-refractivity contribution is 5.95. The molecule has 1 aliphatic carbocycles. The number of aromatic nitrogens is 1. The van der Waals surface area contributed by atoms with Crippen molar-refractivity contribution in [2.24, 2.45) is 0 Å². The smallest absolute Gasteiger partial charge is 0.421 e. The maximum Gasteiger partial charge on any atom is 0.421 e. The minimum absolute atomic E-state index is 0.0962. The Morgan fingerprint density at radius 2 is 2.22 bits per heavy atom. The summed E-state index contributed by atoms with van der Waals surface area (Å²) in [6.07, 6.45) is 3.24. The number of ether oxygens (including phenoxy) is 1.